The zero-order chi connectivity index (χ0) is 11.6. The van der Waals surface area contributed by atoms with E-state index in [1.165, 1.54) is 0 Å². The van der Waals surface area contributed by atoms with Crippen molar-refractivity contribution in [3.8, 4) is 0 Å². The van der Waals surface area contributed by atoms with Gasteiger partial charge < -0.3 is 15.2 Å². The lowest BCUT2D eigenvalue weighted by Gasteiger charge is -2.41. The highest BCUT2D eigenvalue weighted by molar-refractivity contribution is 5.80. The molecule has 2 N–H and O–H groups in total. The molecule has 0 radical (unpaired) electrons. The maximum absolute atomic E-state index is 12.1. The van der Waals surface area contributed by atoms with Crippen LogP contribution in [0.15, 0.2) is 0 Å². The average molecular weight is 227 g/mol. The van der Waals surface area contributed by atoms with E-state index in [4.69, 9.17) is 4.74 Å². The first-order valence-electron chi connectivity index (χ1n) is 6.25. The molecule has 1 amide bonds. The second-order valence-corrected chi connectivity index (χ2v) is 4.99. The number of aliphatic hydroxyl groups excluding tert-OH is 1. The lowest BCUT2D eigenvalue weighted by molar-refractivity contribution is -0.130. The number of nitrogens with one attached hydrogen (secondary N) is 1. The number of hydrogen-bond donors (Lipinski definition) is 2. The highest BCUT2D eigenvalue weighted by atomic mass is 16.5. The fraction of sp³-hybridized carbons (Fsp3) is 0.917. The summed E-state index contributed by atoms with van der Waals surface area (Å²) in [6, 6.07) is 0. The van der Waals surface area contributed by atoms with Crippen LogP contribution in [0.1, 0.15) is 39.0 Å². The zero-order valence-electron chi connectivity index (χ0n) is 9.87. The summed E-state index contributed by atoms with van der Waals surface area (Å²) in [4.78, 5) is 12.1. The van der Waals surface area contributed by atoms with Crippen LogP contribution < -0.4 is 5.32 Å². The number of aliphatic hydroxyl groups is 1. The highest BCUT2D eigenvalue weighted by Gasteiger charge is 2.41. The molecule has 1 saturated carbocycles. The minimum atomic E-state index is -0.321. The molecule has 0 spiro atoms. The van der Waals surface area contributed by atoms with Crippen LogP contribution in [-0.4, -0.2) is 35.9 Å². The Bertz CT molecular complexity index is 257. The predicted octanol–water partition coefficient (Wildman–Crippen LogP) is 0.833. The molecule has 4 heteroatoms. The molecule has 0 aromatic rings. The van der Waals surface area contributed by atoms with E-state index in [-0.39, 0.29) is 30.1 Å². The summed E-state index contributed by atoms with van der Waals surface area (Å²) in [6.45, 7) is 2.78. The Kier molecular flexibility index (Phi) is 3.50. The molecule has 1 aliphatic carbocycles. The number of carbonyl (C=O) groups is 1. The SMILES string of the molecule is CCC1OCCC1C(=O)NC1(CO)CCC1. The van der Waals surface area contributed by atoms with E-state index in [1.54, 1.807) is 0 Å². The van der Waals surface area contributed by atoms with Crippen molar-refractivity contribution in [3.63, 3.8) is 0 Å². The van der Waals surface area contributed by atoms with Gasteiger partial charge in [0, 0.05) is 6.61 Å². The van der Waals surface area contributed by atoms with Gasteiger partial charge >= 0.3 is 0 Å². The topological polar surface area (TPSA) is 58.6 Å². The summed E-state index contributed by atoms with van der Waals surface area (Å²) < 4.78 is 5.51. The Morgan fingerprint density at radius 1 is 1.56 bits per heavy atom. The molecule has 2 atom stereocenters. The first-order valence-corrected chi connectivity index (χ1v) is 6.25. The fourth-order valence-corrected chi connectivity index (χ4v) is 2.63. The van der Waals surface area contributed by atoms with Crippen LogP contribution in [0.2, 0.25) is 0 Å². The monoisotopic (exact) mass is 227 g/mol. The summed E-state index contributed by atoms with van der Waals surface area (Å²) in [6.07, 6.45) is 4.66. The molecule has 1 saturated heterocycles. The van der Waals surface area contributed by atoms with Gasteiger partial charge in [-0.05, 0) is 32.1 Å². The Labute approximate surface area is 96.4 Å². The molecule has 92 valence electrons. The number of carbonyl (C=O) groups excluding carboxylic acids is 1. The van der Waals surface area contributed by atoms with E-state index in [0.717, 1.165) is 32.1 Å². The average Bonchev–Trinajstić information content (AvgIpc) is 2.71. The molecular weight excluding hydrogens is 206 g/mol. The fourth-order valence-electron chi connectivity index (χ4n) is 2.63. The van der Waals surface area contributed by atoms with Gasteiger partial charge in [0.15, 0.2) is 0 Å². The molecule has 4 nitrogen and oxygen atoms in total. The van der Waals surface area contributed by atoms with Crippen LogP contribution in [0.4, 0.5) is 0 Å². The molecule has 0 aromatic carbocycles. The molecule has 16 heavy (non-hydrogen) atoms. The Morgan fingerprint density at radius 3 is 2.81 bits per heavy atom. The quantitative estimate of drug-likeness (QED) is 0.748. The third kappa shape index (κ3) is 2.09. The van der Waals surface area contributed by atoms with Crippen molar-refractivity contribution in [1.29, 1.82) is 0 Å². The number of rotatable bonds is 4. The third-order valence-electron chi connectivity index (χ3n) is 3.95. The normalized spacial score (nSPS) is 32.1. The summed E-state index contributed by atoms with van der Waals surface area (Å²) in [7, 11) is 0. The highest BCUT2D eigenvalue weighted by Crippen LogP contribution is 2.32. The van der Waals surface area contributed by atoms with Crippen molar-refractivity contribution in [2.75, 3.05) is 13.2 Å². The van der Waals surface area contributed by atoms with Gasteiger partial charge in [-0.1, -0.05) is 6.92 Å². The zero-order valence-corrected chi connectivity index (χ0v) is 9.87. The molecule has 2 aliphatic rings. The number of amides is 1. The Balaban J connectivity index is 1.92. The van der Waals surface area contributed by atoms with E-state index >= 15 is 0 Å². The van der Waals surface area contributed by atoms with Gasteiger partial charge in [-0.25, -0.2) is 0 Å². The Hall–Kier alpha value is -0.610. The predicted molar refractivity (Wildman–Crippen MR) is 59.9 cm³/mol. The van der Waals surface area contributed by atoms with Crippen LogP contribution in [0.5, 0.6) is 0 Å². The summed E-state index contributed by atoms with van der Waals surface area (Å²) in [5.74, 6) is 0.0483. The minimum absolute atomic E-state index is 0.0194. The maximum Gasteiger partial charge on any atom is 0.226 e. The molecule has 0 bridgehead atoms. The second kappa shape index (κ2) is 4.72. The van der Waals surface area contributed by atoms with Crippen molar-refractivity contribution in [2.24, 2.45) is 5.92 Å². The molecule has 2 unspecified atom stereocenters. The van der Waals surface area contributed by atoms with Crippen molar-refractivity contribution in [1.82, 2.24) is 5.32 Å². The van der Waals surface area contributed by atoms with Gasteiger partial charge in [0.1, 0.15) is 0 Å². The summed E-state index contributed by atoms with van der Waals surface area (Å²) in [5.41, 5.74) is -0.321. The van der Waals surface area contributed by atoms with Gasteiger partial charge in [0.25, 0.3) is 0 Å². The van der Waals surface area contributed by atoms with E-state index in [2.05, 4.69) is 5.32 Å². The van der Waals surface area contributed by atoms with Crippen molar-refractivity contribution in [3.05, 3.63) is 0 Å². The van der Waals surface area contributed by atoms with Gasteiger partial charge in [0.2, 0.25) is 5.91 Å². The van der Waals surface area contributed by atoms with Crippen molar-refractivity contribution < 1.29 is 14.6 Å². The first-order chi connectivity index (χ1) is 7.71. The lowest BCUT2D eigenvalue weighted by atomic mass is 9.77. The first kappa shape index (κ1) is 11.9. The van der Waals surface area contributed by atoms with Gasteiger partial charge in [-0.2, -0.15) is 0 Å². The molecule has 2 fully saturated rings. The second-order valence-electron chi connectivity index (χ2n) is 4.99. The van der Waals surface area contributed by atoms with Gasteiger partial charge in [0.05, 0.1) is 24.2 Å². The molecule has 0 aromatic heterocycles. The largest absolute Gasteiger partial charge is 0.394 e. The van der Waals surface area contributed by atoms with E-state index < -0.39 is 0 Å². The Morgan fingerprint density at radius 2 is 2.31 bits per heavy atom. The molecular formula is C12H21NO3. The summed E-state index contributed by atoms with van der Waals surface area (Å²) in [5, 5.41) is 12.3. The van der Waals surface area contributed by atoms with Crippen molar-refractivity contribution in [2.45, 2.75) is 50.7 Å². The van der Waals surface area contributed by atoms with Crippen LogP contribution in [0, 0.1) is 5.92 Å². The van der Waals surface area contributed by atoms with E-state index in [0.29, 0.717) is 6.61 Å². The smallest absolute Gasteiger partial charge is 0.226 e. The van der Waals surface area contributed by atoms with Crippen molar-refractivity contribution >= 4 is 5.91 Å². The lowest BCUT2D eigenvalue weighted by Crippen LogP contribution is -2.58. The van der Waals surface area contributed by atoms with Crippen LogP contribution >= 0.6 is 0 Å². The van der Waals surface area contributed by atoms with E-state index in [1.807, 2.05) is 6.92 Å². The number of hydrogen-bond acceptors (Lipinski definition) is 3. The van der Waals surface area contributed by atoms with Crippen LogP contribution in [-0.2, 0) is 9.53 Å². The van der Waals surface area contributed by atoms with Crippen LogP contribution in [0.3, 0.4) is 0 Å². The standard InChI is InChI=1S/C12H21NO3/c1-2-10-9(4-7-16-10)11(15)13-12(8-14)5-3-6-12/h9-10,14H,2-8H2,1H3,(H,13,15). The molecule has 1 heterocycles. The molecule has 2 rings (SSSR count). The van der Waals surface area contributed by atoms with E-state index in [9.17, 15) is 9.90 Å². The maximum atomic E-state index is 12.1. The number of ether oxygens (including phenoxy) is 1. The third-order valence-corrected chi connectivity index (χ3v) is 3.95. The van der Waals surface area contributed by atoms with Crippen LogP contribution in [0.25, 0.3) is 0 Å². The molecule has 1 aliphatic heterocycles. The summed E-state index contributed by atoms with van der Waals surface area (Å²) >= 11 is 0. The van der Waals surface area contributed by atoms with Gasteiger partial charge in [-0.15, -0.1) is 0 Å². The minimum Gasteiger partial charge on any atom is -0.394 e. The van der Waals surface area contributed by atoms with Gasteiger partial charge in [-0.3, -0.25) is 4.79 Å².